The molecule has 1 atom stereocenters. The second-order valence-corrected chi connectivity index (χ2v) is 7.55. The molecule has 2 fully saturated rings. The summed E-state index contributed by atoms with van der Waals surface area (Å²) in [5.41, 5.74) is 0.489. The molecule has 0 N–H and O–H groups in total. The van der Waals surface area contributed by atoms with Crippen LogP contribution in [0.1, 0.15) is 30.6 Å². The van der Waals surface area contributed by atoms with E-state index in [1.807, 2.05) is 13.8 Å². The van der Waals surface area contributed by atoms with Crippen LogP contribution in [0.4, 0.5) is 0 Å². The minimum Gasteiger partial charge on any atom is -0.339 e. The van der Waals surface area contributed by atoms with Crippen LogP contribution in [0.15, 0.2) is 24.3 Å². The van der Waals surface area contributed by atoms with Crippen molar-refractivity contribution in [3.05, 3.63) is 34.9 Å². The molecule has 0 spiro atoms. The minimum atomic E-state index is -0.268. The van der Waals surface area contributed by atoms with Gasteiger partial charge in [-0.3, -0.25) is 14.4 Å². The fourth-order valence-electron chi connectivity index (χ4n) is 3.59. The predicted octanol–water partition coefficient (Wildman–Crippen LogP) is 1.88. The average molecular weight is 378 g/mol. The van der Waals surface area contributed by atoms with Crippen molar-refractivity contribution in [2.75, 3.05) is 32.7 Å². The molecule has 2 aliphatic rings. The molecule has 2 heterocycles. The summed E-state index contributed by atoms with van der Waals surface area (Å²) in [6, 6.07) is 7.11. The summed E-state index contributed by atoms with van der Waals surface area (Å²) in [5, 5.41) is 0.439. The molecule has 0 aromatic heterocycles. The molecule has 3 amide bonds. The summed E-state index contributed by atoms with van der Waals surface area (Å²) >= 11 is 6.11. The Morgan fingerprint density at radius 2 is 1.69 bits per heavy atom. The lowest BCUT2D eigenvalue weighted by Gasteiger charge is -2.36. The molecule has 0 bridgehead atoms. The van der Waals surface area contributed by atoms with Crippen molar-refractivity contribution >= 4 is 29.3 Å². The standard InChI is InChI=1S/C19H24ClN3O3/c1-13(2)23-12-14(11-17(23)24)18(25)21-7-9-22(10-8-21)19(26)15-5-3-4-6-16(15)20/h3-6,13-14H,7-12H2,1-2H3. The van der Waals surface area contributed by atoms with Crippen molar-refractivity contribution in [1.82, 2.24) is 14.7 Å². The van der Waals surface area contributed by atoms with E-state index in [9.17, 15) is 14.4 Å². The zero-order valence-corrected chi connectivity index (χ0v) is 15.9. The fourth-order valence-corrected chi connectivity index (χ4v) is 3.81. The third kappa shape index (κ3) is 3.70. The summed E-state index contributed by atoms with van der Waals surface area (Å²) in [5.74, 6) is -0.308. The molecule has 1 unspecified atom stereocenters. The van der Waals surface area contributed by atoms with E-state index in [0.717, 1.165) is 0 Å². The van der Waals surface area contributed by atoms with Gasteiger partial charge in [-0.2, -0.15) is 0 Å². The lowest BCUT2D eigenvalue weighted by atomic mass is 10.1. The quantitative estimate of drug-likeness (QED) is 0.808. The summed E-state index contributed by atoms with van der Waals surface area (Å²) < 4.78 is 0. The normalized spacial score (nSPS) is 20.8. The van der Waals surface area contributed by atoms with Gasteiger partial charge in [0.25, 0.3) is 5.91 Å². The number of rotatable bonds is 3. The molecule has 2 saturated heterocycles. The maximum atomic E-state index is 12.7. The monoisotopic (exact) mass is 377 g/mol. The van der Waals surface area contributed by atoms with Crippen LogP contribution >= 0.6 is 11.6 Å². The molecule has 140 valence electrons. The van der Waals surface area contributed by atoms with Crippen LogP contribution in [0.3, 0.4) is 0 Å². The van der Waals surface area contributed by atoms with E-state index in [4.69, 9.17) is 11.6 Å². The van der Waals surface area contributed by atoms with E-state index in [-0.39, 0.29) is 36.1 Å². The van der Waals surface area contributed by atoms with Gasteiger partial charge in [0.1, 0.15) is 0 Å². The van der Waals surface area contributed by atoms with Gasteiger partial charge in [0.2, 0.25) is 11.8 Å². The largest absolute Gasteiger partial charge is 0.339 e. The number of carbonyl (C=O) groups excluding carboxylic acids is 3. The number of hydrogen-bond donors (Lipinski definition) is 0. The van der Waals surface area contributed by atoms with Gasteiger partial charge >= 0.3 is 0 Å². The van der Waals surface area contributed by atoms with E-state index >= 15 is 0 Å². The number of benzene rings is 1. The van der Waals surface area contributed by atoms with Gasteiger partial charge in [0.15, 0.2) is 0 Å². The second-order valence-electron chi connectivity index (χ2n) is 7.14. The number of carbonyl (C=O) groups is 3. The summed E-state index contributed by atoms with van der Waals surface area (Å²) in [4.78, 5) is 42.6. The van der Waals surface area contributed by atoms with E-state index in [1.54, 1.807) is 39.0 Å². The molecule has 2 aliphatic heterocycles. The van der Waals surface area contributed by atoms with Gasteiger partial charge in [-0.25, -0.2) is 0 Å². The highest BCUT2D eigenvalue weighted by atomic mass is 35.5. The Morgan fingerprint density at radius 3 is 2.27 bits per heavy atom. The first-order chi connectivity index (χ1) is 12.4. The molecule has 1 aromatic carbocycles. The maximum absolute atomic E-state index is 12.7. The van der Waals surface area contributed by atoms with Gasteiger partial charge in [-0.15, -0.1) is 0 Å². The highest BCUT2D eigenvalue weighted by Gasteiger charge is 2.38. The van der Waals surface area contributed by atoms with E-state index in [0.29, 0.717) is 43.3 Å². The highest BCUT2D eigenvalue weighted by molar-refractivity contribution is 6.33. The molecule has 0 aliphatic carbocycles. The van der Waals surface area contributed by atoms with Gasteiger partial charge < -0.3 is 14.7 Å². The molecule has 7 heteroatoms. The number of nitrogens with zero attached hydrogens (tertiary/aromatic N) is 3. The third-order valence-corrected chi connectivity index (χ3v) is 5.44. The molecule has 1 aromatic rings. The zero-order chi connectivity index (χ0) is 18.8. The van der Waals surface area contributed by atoms with Gasteiger partial charge in [0.05, 0.1) is 16.5 Å². The topological polar surface area (TPSA) is 60.9 Å². The number of likely N-dealkylation sites (tertiary alicyclic amines) is 1. The SMILES string of the molecule is CC(C)N1CC(C(=O)N2CCN(C(=O)c3ccccc3Cl)CC2)CC1=O. The van der Waals surface area contributed by atoms with Gasteiger partial charge in [0, 0.05) is 45.2 Å². The van der Waals surface area contributed by atoms with Crippen LogP contribution in [0.2, 0.25) is 5.02 Å². The summed E-state index contributed by atoms with van der Waals surface area (Å²) in [6.45, 7) is 6.35. The Labute approximate surface area is 158 Å². The first kappa shape index (κ1) is 18.7. The van der Waals surface area contributed by atoms with Crippen molar-refractivity contribution in [2.45, 2.75) is 26.3 Å². The lowest BCUT2D eigenvalue weighted by Crippen LogP contribution is -2.52. The molecular weight excluding hydrogens is 354 g/mol. The van der Waals surface area contributed by atoms with Crippen molar-refractivity contribution < 1.29 is 14.4 Å². The van der Waals surface area contributed by atoms with Crippen molar-refractivity contribution in [3.8, 4) is 0 Å². The van der Waals surface area contributed by atoms with Crippen LogP contribution in [0.5, 0.6) is 0 Å². The molecule has 3 rings (SSSR count). The Bertz CT molecular complexity index is 714. The summed E-state index contributed by atoms with van der Waals surface area (Å²) in [6.07, 6.45) is 0.287. The van der Waals surface area contributed by atoms with Gasteiger partial charge in [-0.1, -0.05) is 23.7 Å². The summed E-state index contributed by atoms with van der Waals surface area (Å²) in [7, 11) is 0. The van der Waals surface area contributed by atoms with Crippen molar-refractivity contribution in [3.63, 3.8) is 0 Å². The lowest BCUT2D eigenvalue weighted by molar-refractivity contribution is -0.137. The van der Waals surface area contributed by atoms with E-state index in [2.05, 4.69) is 0 Å². The van der Waals surface area contributed by atoms with E-state index in [1.165, 1.54) is 0 Å². The highest BCUT2D eigenvalue weighted by Crippen LogP contribution is 2.23. The van der Waals surface area contributed by atoms with Crippen molar-refractivity contribution in [1.29, 1.82) is 0 Å². The molecule has 0 radical (unpaired) electrons. The van der Waals surface area contributed by atoms with E-state index < -0.39 is 0 Å². The molecule has 26 heavy (non-hydrogen) atoms. The second kappa shape index (κ2) is 7.66. The first-order valence-electron chi connectivity index (χ1n) is 9.00. The van der Waals surface area contributed by atoms with Crippen LogP contribution in [-0.4, -0.2) is 71.2 Å². The fraction of sp³-hybridized carbons (Fsp3) is 0.526. The van der Waals surface area contributed by atoms with Crippen molar-refractivity contribution in [2.24, 2.45) is 5.92 Å². The number of piperazine rings is 1. The molecule has 0 saturated carbocycles. The Hall–Kier alpha value is -2.08. The predicted molar refractivity (Wildman–Crippen MR) is 98.9 cm³/mol. The Balaban J connectivity index is 1.57. The number of amides is 3. The third-order valence-electron chi connectivity index (χ3n) is 5.11. The Kier molecular flexibility index (Phi) is 5.51. The smallest absolute Gasteiger partial charge is 0.255 e. The van der Waals surface area contributed by atoms with Crippen LogP contribution in [0.25, 0.3) is 0 Å². The minimum absolute atomic E-state index is 0.0198. The van der Waals surface area contributed by atoms with Crippen LogP contribution in [-0.2, 0) is 9.59 Å². The van der Waals surface area contributed by atoms with Crippen LogP contribution in [0, 0.1) is 5.92 Å². The number of halogens is 1. The van der Waals surface area contributed by atoms with Crippen LogP contribution < -0.4 is 0 Å². The average Bonchev–Trinajstić information content (AvgIpc) is 3.03. The molecule has 6 nitrogen and oxygen atoms in total. The zero-order valence-electron chi connectivity index (χ0n) is 15.2. The van der Waals surface area contributed by atoms with Gasteiger partial charge in [-0.05, 0) is 26.0 Å². The Morgan fingerprint density at radius 1 is 1.08 bits per heavy atom. The number of hydrogen-bond acceptors (Lipinski definition) is 3. The maximum Gasteiger partial charge on any atom is 0.255 e. The first-order valence-corrected chi connectivity index (χ1v) is 9.38. The molecular formula is C19H24ClN3O3.